The topological polar surface area (TPSA) is 54.9 Å². The molecule has 4 rings (SSSR count). The Balaban J connectivity index is 1.61. The third-order valence-electron chi connectivity index (χ3n) is 5.15. The van der Waals surface area contributed by atoms with E-state index in [2.05, 4.69) is 46.5 Å². The van der Waals surface area contributed by atoms with Crippen LogP contribution in [-0.4, -0.2) is 15.9 Å². The number of carbonyl (C=O) groups is 1. The molecule has 0 saturated heterocycles. The maximum atomic E-state index is 12.9. The van der Waals surface area contributed by atoms with Gasteiger partial charge in [0.15, 0.2) is 0 Å². The second-order valence-corrected chi connectivity index (χ2v) is 7.30. The average Bonchev–Trinajstić information content (AvgIpc) is 3.46. The van der Waals surface area contributed by atoms with Crippen molar-refractivity contribution in [3.63, 3.8) is 0 Å². The molecular formula is C22H23N3O. The summed E-state index contributed by atoms with van der Waals surface area (Å²) in [6.45, 7) is 5.97. The molecule has 0 radical (unpaired) electrons. The van der Waals surface area contributed by atoms with E-state index in [0.717, 1.165) is 22.4 Å². The Labute approximate surface area is 153 Å². The van der Waals surface area contributed by atoms with Gasteiger partial charge in [-0.1, -0.05) is 29.8 Å². The van der Waals surface area contributed by atoms with E-state index in [9.17, 15) is 4.79 Å². The molecule has 1 heterocycles. The van der Waals surface area contributed by atoms with Gasteiger partial charge in [-0.3, -0.25) is 4.79 Å². The Morgan fingerprint density at radius 1 is 0.962 bits per heavy atom. The van der Waals surface area contributed by atoms with Gasteiger partial charge < -0.3 is 5.32 Å². The van der Waals surface area contributed by atoms with Gasteiger partial charge in [0.05, 0.1) is 28.5 Å². The van der Waals surface area contributed by atoms with E-state index in [-0.39, 0.29) is 11.9 Å². The van der Waals surface area contributed by atoms with Crippen LogP contribution < -0.4 is 5.32 Å². The number of amides is 1. The third-order valence-corrected chi connectivity index (χ3v) is 5.15. The largest absolute Gasteiger partial charge is 0.345 e. The van der Waals surface area contributed by atoms with Crippen molar-refractivity contribution < 1.29 is 4.79 Å². The normalized spacial score (nSPS) is 15.0. The fourth-order valence-corrected chi connectivity index (χ4v) is 3.27. The van der Waals surface area contributed by atoms with Crippen LogP contribution in [0.5, 0.6) is 0 Å². The van der Waals surface area contributed by atoms with Crippen molar-refractivity contribution >= 4 is 16.9 Å². The number of aromatic nitrogens is 2. The maximum Gasteiger partial charge on any atom is 0.251 e. The summed E-state index contributed by atoms with van der Waals surface area (Å²) in [6.07, 6.45) is 2.33. The van der Waals surface area contributed by atoms with E-state index in [0.29, 0.717) is 11.5 Å². The lowest BCUT2D eigenvalue weighted by molar-refractivity contribution is 0.0932. The van der Waals surface area contributed by atoms with Crippen molar-refractivity contribution in [2.24, 2.45) is 5.92 Å². The van der Waals surface area contributed by atoms with E-state index in [4.69, 9.17) is 0 Å². The van der Waals surface area contributed by atoms with Crippen LogP contribution in [0.15, 0.2) is 42.5 Å². The van der Waals surface area contributed by atoms with Gasteiger partial charge in [-0.05, 0) is 63.3 Å². The van der Waals surface area contributed by atoms with Crippen molar-refractivity contribution in [2.45, 2.75) is 39.7 Å². The molecule has 0 bridgehead atoms. The Morgan fingerprint density at radius 2 is 1.62 bits per heavy atom. The summed E-state index contributed by atoms with van der Waals surface area (Å²) >= 11 is 0. The molecule has 26 heavy (non-hydrogen) atoms. The van der Waals surface area contributed by atoms with Crippen LogP contribution in [0.1, 0.15) is 51.8 Å². The van der Waals surface area contributed by atoms with Gasteiger partial charge in [0.25, 0.3) is 5.91 Å². The average molecular weight is 345 g/mol. The summed E-state index contributed by atoms with van der Waals surface area (Å²) in [6, 6.07) is 14.1. The molecule has 3 aromatic rings. The highest BCUT2D eigenvalue weighted by molar-refractivity contribution is 5.97. The highest BCUT2D eigenvalue weighted by atomic mass is 16.1. The molecular weight excluding hydrogens is 322 g/mol. The van der Waals surface area contributed by atoms with Gasteiger partial charge in [0.1, 0.15) is 0 Å². The number of fused-ring (bicyclic) bond motifs is 1. The number of benzene rings is 2. The molecule has 2 aromatic carbocycles. The van der Waals surface area contributed by atoms with Crippen molar-refractivity contribution in [3.05, 3.63) is 70.5 Å². The Bertz CT molecular complexity index is 975. The van der Waals surface area contributed by atoms with Gasteiger partial charge in [-0.2, -0.15) is 0 Å². The maximum absolute atomic E-state index is 12.9. The van der Waals surface area contributed by atoms with Gasteiger partial charge >= 0.3 is 0 Å². The van der Waals surface area contributed by atoms with Crippen molar-refractivity contribution in [3.8, 4) is 0 Å². The third kappa shape index (κ3) is 3.32. The van der Waals surface area contributed by atoms with Gasteiger partial charge in [0.2, 0.25) is 0 Å². The fourth-order valence-electron chi connectivity index (χ4n) is 3.27. The van der Waals surface area contributed by atoms with Crippen LogP contribution in [0.2, 0.25) is 0 Å². The highest BCUT2D eigenvalue weighted by Gasteiger charge is 2.33. The van der Waals surface area contributed by atoms with E-state index in [1.165, 1.54) is 24.0 Å². The predicted octanol–water partition coefficient (Wildman–Crippen LogP) is 4.44. The van der Waals surface area contributed by atoms with Gasteiger partial charge in [-0.25, -0.2) is 9.97 Å². The molecule has 1 aromatic heterocycles. The number of nitrogens with zero attached hydrogens (tertiary/aromatic N) is 2. The lowest BCUT2D eigenvalue weighted by Gasteiger charge is -2.19. The van der Waals surface area contributed by atoms with E-state index in [1.54, 1.807) is 0 Å². The molecule has 1 atom stereocenters. The van der Waals surface area contributed by atoms with Crippen molar-refractivity contribution in [2.75, 3.05) is 0 Å². The zero-order chi connectivity index (χ0) is 18.3. The van der Waals surface area contributed by atoms with E-state index < -0.39 is 0 Å². The Kier molecular flexibility index (Phi) is 4.19. The summed E-state index contributed by atoms with van der Waals surface area (Å²) in [5.74, 6) is 0.483. The van der Waals surface area contributed by atoms with Crippen LogP contribution in [0.4, 0.5) is 0 Å². The summed E-state index contributed by atoms with van der Waals surface area (Å²) < 4.78 is 0. The molecule has 1 aliphatic carbocycles. The minimum atomic E-state index is -0.0515. The molecule has 1 aliphatic rings. The number of rotatable bonds is 4. The number of hydrogen-bond donors (Lipinski definition) is 1. The first-order valence-electron chi connectivity index (χ1n) is 9.14. The lowest BCUT2D eigenvalue weighted by Crippen LogP contribution is -2.29. The molecule has 132 valence electrons. The van der Waals surface area contributed by atoms with Crippen LogP contribution in [0, 0.1) is 26.7 Å². The number of hydrogen-bond acceptors (Lipinski definition) is 3. The van der Waals surface area contributed by atoms with Crippen LogP contribution in [0.25, 0.3) is 11.0 Å². The first-order chi connectivity index (χ1) is 12.5. The number of nitrogens with one attached hydrogen (secondary N) is 1. The zero-order valence-electron chi connectivity index (χ0n) is 15.4. The molecule has 4 heteroatoms. The minimum Gasteiger partial charge on any atom is -0.345 e. The van der Waals surface area contributed by atoms with Gasteiger partial charge in [0, 0.05) is 5.56 Å². The highest BCUT2D eigenvalue weighted by Crippen LogP contribution is 2.41. The van der Waals surface area contributed by atoms with Crippen molar-refractivity contribution in [1.82, 2.24) is 15.3 Å². The second kappa shape index (κ2) is 6.52. The molecule has 4 nitrogen and oxygen atoms in total. The molecule has 1 saturated carbocycles. The van der Waals surface area contributed by atoms with Crippen molar-refractivity contribution in [1.29, 1.82) is 0 Å². The van der Waals surface area contributed by atoms with Crippen LogP contribution >= 0.6 is 0 Å². The molecule has 1 amide bonds. The summed E-state index contributed by atoms with van der Waals surface area (Å²) in [5.41, 5.74) is 6.44. The first-order valence-corrected chi connectivity index (χ1v) is 9.14. The molecule has 1 unspecified atom stereocenters. The summed E-state index contributed by atoms with van der Waals surface area (Å²) in [7, 11) is 0. The van der Waals surface area contributed by atoms with E-state index in [1.807, 2.05) is 32.0 Å². The zero-order valence-corrected chi connectivity index (χ0v) is 15.4. The monoisotopic (exact) mass is 345 g/mol. The van der Waals surface area contributed by atoms with E-state index >= 15 is 0 Å². The smallest absolute Gasteiger partial charge is 0.251 e. The predicted molar refractivity (Wildman–Crippen MR) is 103 cm³/mol. The Morgan fingerprint density at radius 3 is 2.27 bits per heavy atom. The van der Waals surface area contributed by atoms with Gasteiger partial charge in [-0.15, -0.1) is 0 Å². The fraction of sp³-hybridized carbons (Fsp3) is 0.318. The molecule has 1 N–H and O–H groups in total. The molecule has 0 aliphatic heterocycles. The first kappa shape index (κ1) is 16.7. The standard InChI is InChI=1S/C22H23N3O/c1-13-4-6-16(7-5-13)21(17-8-9-17)25-22(26)18-10-11-19-20(12-18)24-15(3)14(2)23-19/h4-7,10-12,17,21H,8-9H2,1-3H3,(H,25,26). The second-order valence-electron chi connectivity index (χ2n) is 7.30. The quantitative estimate of drug-likeness (QED) is 0.761. The lowest BCUT2D eigenvalue weighted by atomic mass is 10.0. The molecule has 0 spiro atoms. The van der Waals surface area contributed by atoms with Crippen LogP contribution in [0.3, 0.4) is 0 Å². The SMILES string of the molecule is Cc1ccc(C(NC(=O)c2ccc3nc(C)c(C)nc3c2)C2CC2)cc1. The Hall–Kier alpha value is -2.75. The molecule has 1 fully saturated rings. The minimum absolute atomic E-state index is 0.0515. The number of carbonyl (C=O) groups excluding carboxylic acids is 1. The summed E-state index contributed by atoms with van der Waals surface area (Å²) in [5, 5.41) is 3.23. The summed E-state index contributed by atoms with van der Waals surface area (Å²) in [4.78, 5) is 22.0. The van der Waals surface area contributed by atoms with Crippen LogP contribution in [-0.2, 0) is 0 Å². The number of aryl methyl sites for hydroxylation is 3.